The van der Waals surface area contributed by atoms with Gasteiger partial charge in [-0.2, -0.15) is 0 Å². The van der Waals surface area contributed by atoms with Crippen LogP contribution < -0.4 is 4.90 Å². The third-order valence-corrected chi connectivity index (χ3v) is 6.84. The van der Waals surface area contributed by atoms with Crippen molar-refractivity contribution in [3.8, 4) is 0 Å². The second kappa shape index (κ2) is 5.58. The molecule has 0 radical (unpaired) electrons. The summed E-state index contributed by atoms with van der Waals surface area (Å²) in [6.07, 6.45) is 3.09. The average Bonchev–Trinajstić information content (AvgIpc) is 3.09. The number of aldehydes is 1. The SMILES string of the molecule is O=Cc1sc2ccccc2c1N1CCC2(CC1)C(O)CCC2O. The van der Waals surface area contributed by atoms with E-state index in [1.54, 1.807) is 0 Å². The first-order valence-corrected chi connectivity index (χ1v) is 9.05. The van der Waals surface area contributed by atoms with Crippen molar-refractivity contribution in [2.75, 3.05) is 18.0 Å². The van der Waals surface area contributed by atoms with Crippen molar-refractivity contribution in [3.63, 3.8) is 0 Å². The Balaban J connectivity index is 1.65. The van der Waals surface area contributed by atoms with E-state index in [0.29, 0.717) is 12.8 Å². The minimum atomic E-state index is -0.399. The number of hydrogen-bond donors (Lipinski definition) is 2. The summed E-state index contributed by atoms with van der Waals surface area (Å²) >= 11 is 1.53. The predicted molar refractivity (Wildman–Crippen MR) is 92.3 cm³/mol. The quantitative estimate of drug-likeness (QED) is 0.831. The molecule has 1 spiro atoms. The van der Waals surface area contributed by atoms with E-state index in [2.05, 4.69) is 11.0 Å². The Labute approximate surface area is 139 Å². The van der Waals surface area contributed by atoms with Crippen LogP contribution in [0.1, 0.15) is 35.4 Å². The molecule has 1 aliphatic carbocycles. The molecule has 2 unspecified atom stereocenters. The number of fused-ring (bicyclic) bond motifs is 1. The van der Waals surface area contributed by atoms with Gasteiger partial charge in [0.2, 0.25) is 0 Å². The van der Waals surface area contributed by atoms with Gasteiger partial charge in [-0.25, -0.2) is 0 Å². The summed E-state index contributed by atoms with van der Waals surface area (Å²) in [5.41, 5.74) is 0.682. The van der Waals surface area contributed by atoms with Crippen LogP contribution in [0.15, 0.2) is 24.3 Å². The maximum atomic E-state index is 11.5. The Bertz CT molecular complexity index is 721. The summed E-state index contributed by atoms with van der Waals surface area (Å²) in [5, 5.41) is 21.8. The molecule has 1 saturated carbocycles. The van der Waals surface area contributed by atoms with Crippen molar-refractivity contribution >= 4 is 33.4 Å². The summed E-state index contributed by atoms with van der Waals surface area (Å²) in [6, 6.07) is 8.11. The number of aliphatic hydroxyl groups is 2. The van der Waals surface area contributed by atoms with E-state index in [-0.39, 0.29) is 5.41 Å². The molecule has 23 heavy (non-hydrogen) atoms. The highest BCUT2D eigenvalue weighted by atomic mass is 32.1. The van der Waals surface area contributed by atoms with Gasteiger partial charge in [-0.05, 0) is 31.7 Å². The van der Waals surface area contributed by atoms with Crippen LogP contribution >= 0.6 is 11.3 Å². The normalized spacial score (nSPS) is 27.0. The van der Waals surface area contributed by atoms with Gasteiger partial charge >= 0.3 is 0 Å². The lowest BCUT2D eigenvalue weighted by molar-refractivity contribution is -0.0401. The van der Waals surface area contributed by atoms with Gasteiger partial charge in [-0.1, -0.05) is 18.2 Å². The van der Waals surface area contributed by atoms with E-state index in [1.165, 1.54) is 11.3 Å². The molecule has 2 aromatic rings. The van der Waals surface area contributed by atoms with Crippen LogP contribution in [0, 0.1) is 5.41 Å². The number of aliphatic hydroxyl groups excluding tert-OH is 2. The summed E-state index contributed by atoms with van der Waals surface area (Å²) in [5.74, 6) is 0. The van der Waals surface area contributed by atoms with Crippen molar-refractivity contribution in [1.29, 1.82) is 0 Å². The van der Waals surface area contributed by atoms with Gasteiger partial charge in [0.25, 0.3) is 0 Å². The number of carbonyl (C=O) groups excluding carboxylic acids is 1. The maximum absolute atomic E-state index is 11.5. The van der Waals surface area contributed by atoms with E-state index in [0.717, 1.165) is 52.9 Å². The molecule has 4 nitrogen and oxygen atoms in total. The van der Waals surface area contributed by atoms with Crippen LogP contribution in [0.3, 0.4) is 0 Å². The fourth-order valence-electron chi connectivity index (χ4n) is 4.38. The third-order valence-electron chi connectivity index (χ3n) is 5.75. The number of anilines is 1. The largest absolute Gasteiger partial charge is 0.392 e. The number of carbonyl (C=O) groups is 1. The molecule has 1 aromatic carbocycles. The highest BCUT2D eigenvalue weighted by molar-refractivity contribution is 7.21. The zero-order chi connectivity index (χ0) is 16.0. The Morgan fingerprint density at radius 3 is 2.43 bits per heavy atom. The third kappa shape index (κ3) is 2.22. The van der Waals surface area contributed by atoms with Crippen molar-refractivity contribution in [1.82, 2.24) is 0 Å². The zero-order valence-electron chi connectivity index (χ0n) is 12.9. The first kappa shape index (κ1) is 15.1. The molecule has 2 atom stereocenters. The molecule has 1 saturated heterocycles. The molecule has 0 amide bonds. The molecule has 2 fully saturated rings. The van der Waals surface area contributed by atoms with Gasteiger partial charge < -0.3 is 15.1 Å². The standard InChI is InChI=1S/C18H21NO3S/c20-11-14-17(12-3-1-2-4-13(12)23-14)19-9-7-18(8-10-19)15(21)5-6-16(18)22/h1-4,11,15-16,21-22H,5-10H2. The Morgan fingerprint density at radius 1 is 1.13 bits per heavy atom. The van der Waals surface area contributed by atoms with Crippen molar-refractivity contribution in [2.45, 2.75) is 37.9 Å². The lowest BCUT2D eigenvalue weighted by Crippen LogP contribution is -2.49. The van der Waals surface area contributed by atoms with Crippen LogP contribution in [0.4, 0.5) is 5.69 Å². The van der Waals surface area contributed by atoms with E-state index >= 15 is 0 Å². The highest BCUT2D eigenvalue weighted by Gasteiger charge is 2.50. The molecule has 1 aromatic heterocycles. The monoisotopic (exact) mass is 331 g/mol. The number of nitrogens with zero attached hydrogens (tertiary/aromatic N) is 1. The summed E-state index contributed by atoms with van der Waals surface area (Å²) in [6.45, 7) is 1.55. The Kier molecular flexibility index (Phi) is 3.67. The molecule has 2 aliphatic rings. The molecular weight excluding hydrogens is 310 g/mol. The molecule has 0 bridgehead atoms. The predicted octanol–water partition coefficient (Wildman–Crippen LogP) is 2.82. The summed E-state index contributed by atoms with van der Waals surface area (Å²) in [7, 11) is 0. The van der Waals surface area contributed by atoms with Gasteiger partial charge in [0.15, 0.2) is 6.29 Å². The average molecular weight is 331 g/mol. The molecular formula is C18H21NO3S. The summed E-state index contributed by atoms with van der Waals surface area (Å²) < 4.78 is 1.13. The van der Waals surface area contributed by atoms with E-state index in [4.69, 9.17) is 0 Å². The number of hydrogen-bond acceptors (Lipinski definition) is 5. The van der Waals surface area contributed by atoms with Crippen molar-refractivity contribution < 1.29 is 15.0 Å². The van der Waals surface area contributed by atoms with E-state index < -0.39 is 12.2 Å². The van der Waals surface area contributed by atoms with Crippen molar-refractivity contribution in [3.05, 3.63) is 29.1 Å². The lowest BCUT2D eigenvalue weighted by atomic mass is 9.73. The van der Waals surface area contributed by atoms with Crippen LogP contribution in [0.2, 0.25) is 0 Å². The number of thiophene rings is 1. The number of piperidine rings is 1. The topological polar surface area (TPSA) is 60.8 Å². The zero-order valence-corrected chi connectivity index (χ0v) is 13.8. The van der Waals surface area contributed by atoms with Crippen LogP contribution in [0.25, 0.3) is 10.1 Å². The first-order chi connectivity index (χ1) is 11.2. The Hall–Kier alpha value is -1.43. The van der Waals surface area contributed by atoms with Gasteiger partial charge in [0.05, 0.1) is 22.8 Å². The second-order valence-corrected chi connectivity index (χ2v) is 7.84. The Morgan fingerprint density at radius 2 is 1.78 bits per heavy atom. The smallest absolute Gasteiger partial charge is 0.162 e. The summed E-state index contributed by atoms with van der Waals surface area (Å²) in [4.78, 5) is 14.5. The van der Waals surface area contributed by atoms with E-state index in [1.807, 2.05) is 18.2 Å². The van der Waals surface area contributed by atoms with Gasteiger partial charge in [-0.3, -0.25) is 4.79 Å². The maximum Gasteiger partial charge on any atom is 0.162 e. The second-order valence-electron chi connectivity index (χ2n) is 6.76. The number of rotatable bonds is 2. The van der Waals surface area contributed by atoms with Crippen LogP contribution in [-0.4, -0.2) is 41.8 Å². The molecule has 2 heterocycles. The highest BCUT2D eigenvalue weighted by Crippen LogP contribution is 2.48. The van der Waals surface area contributed by atoms with Crippen LogP contribution in [0.5, 0.6) is 0 Å². The van der Waals surface area contributed by atoms with Gasteiger partial charge in [0, 0.05) is 28.6 Å². The fourth-order valence-corrected chi connectivity index (χ4v) is 5.42. The molecule has 1 aliphatic heterocycles. The molecule has 122 valence electrons. The van der Waals surface area contributed by atoms with E-state index in [9.17, 15) is 15.0 Å². The molecule has 5 heteroatoms. The minimum Gasteiger partial charge on any atom is -0.392 e. The lowest BCUT2D eigenvalue weighted by Gasteiger charge is -2.44. The first-order valence-electron chi connectivity index (χ1n) is 8.23. The molecule has 4 rings (SSSR count). The minimum absolute atomic E-state index is 0.344. The van der Waals surface area contributed by atoms with Crippen LogP contribution in [-0.2, 0) is 0 Å². The number of benzene rings is 1. The fraction of sp³-hybridized carbons (Fsp3) is 0.500. The van der Waals surface area contributed by atoms with Gasteiger partial charge in [-0.15, -0.1) is 11.3 Å². The molecule has 2 N–H and O–H groups in total. The van der Waals surface area contributed by atoms with Gasteiger partial charge in [0.1, 0.15) is 0 Å². The van der Waals surface area contributed by atoms with Crippen molar-refractivity contribution in [2.24, 2.45) is 5.41 Å².